The minimum Gasteiger partial charge on any atom is -0.393 e. The molecule has 2 atom stereocenters. The SMILES string of the molecule is CCc1cnccc1-c1noc(CC2CCCCC2O)n1. The molecule has 0 spiro atoms. The number of nitrogens with zero attached hydrogens (tertiary/aromatic N) is 3. The lowest BCUT2D eigenvalue weighted by Crippen LogP contribution is -2.26. The molecular weight excluding hydrogens is 266 g/mol. The summed E-state index contributed by atoms with van der Waals surface area (Å²) >= 11 is 0. The van der Waals surface area contributed by atoms with Crippen LogP contribution in [-0.2, 0) is 12.8 Å². The van der Waals surface area contributed by atoms with Crippen molar-refractivity contribution >= 4 is 0 Å². The third-order valence-electron chi connectivity index (χ3n) is 4.30. The number of hydrogen-bond donors (Lipinski definition) is 1. The summed E-state index contributed by atoms with van der Waals surface area (Å²) in [6, 6.07) is 1.92. The van der Waals surface area contributed by atoms with Gasteiger partial charge >= 0.3 is 0 Å². The van der Waals surface area contributed by atoms with Crippen molar-refractivity contribution in [2.75, 3.05) is 0 Å². The Morgan fingerprint density at radius 1 is 1.33 bits per heavy atom. The van der Waals surface area contributed by atoms with Gasteiger partial charge in [0.15, 0.2) is 0 Å². The molecule has 112 valence electrons. The first-order chi connectivity index (χ1) is 10.3. The van der Waals surface area contributed by atoms with Gasteiger partial charge in [0.2, 0.25) is 11.7 Å². The summed E-state index contributed by atoms with van der Waals surface area (Å²) in [6.07, 6.45) is 9.11. The van der Waals surface area contributed by atoms with Crippen molar-refractivity contribution in [3.05, 3.63) is 29.9 Å². The van der Waals surface area contributed by atoms with Crippen LogP contribution in [0.25, 0.3) is 11.4 Å². The molecule has 0 saturated heterocycles. The molecule has 1 aliphatic carbocycles. The van der Waals surface area contributed by atoms with Crippen molar-refractivity contribution in [1.82, 2.24) is 15.1 Å². The standard InChI is InChI=1S/C16H21N3O2/c1-2-11-10-17-8-7-13(11)16-18-15(21-19-16)9-12-5-3-4-6-14(12)20/h7-8,10,12,14,20H,2-6,9H2,1H3. The molecule has 5 heteroatoms. The maximum absolute atomic E-state index is 10.0. The van der Waals surface area contributed by atoms with Crippen LogP contribution in [-0.4, -0.2) is 26.3 Å². The molecule has 0 radical (unpaired) electrons. The zero-order chi connectivity index (χ0) is 14.7. The number of aromatic nitrogens is 3. The van der Waals surface area contributed by atoms with E-state index in [-0.39, 0.29) is 12.0 Å². The molecular formula is C16H21N3O2. The molecule has 1 fully saturated rings. The summed E-state index contributed by atoms with van der Waals surface area (Å²) in [5.41, 5.74) is 2.09. The van der Waals surface area contributed by atoms with E-state index in [9.17, 15) is 5.11 Å². The van der Waals surface area contributed by atoms with Gasteiger partial charge in [-0.3, -0.25) is 4.98 Å². The van der Waals surface area contributed by atoms with Gasteiger partial charge in [0.1, 0.15) is 0 Å². The van der Waals surface area contributed by atoms with Crippen molar-refractivity contribution in [3.8, 4) is 11.4 Å². The first-order valence-electron chi connectivity index (χ1n) is 7.72. The monoisotopic (exact) mass is 287 g/mol. The van der Waals surface area contributed by atoms with Gasteiger partial charge in [-0.15, -0.1) is 0 Å². The zero-order valence-electron chi connectivity index (χ0n) is 12.3. The molecule has 0 aliphatic heterocycles. The second kappa shape index (κ2) is 6.35. The maximum Gasteiger partial charge on any atom is 0.227 e. The third-order valence-corrected chi connectivity index (χ3v) is 4.30. The molecule has 0 bridgehead atoms. The molecule has 1 N–H and O–H groups in total. The molecule has 2 aromatic heterocycles. The van der Waals surface area contributed by atoms with Crippen molar-refractivity contribution in [3.63, 3.8) is 0 Å². The van der Waals surface area contributed by atoms with Gasteiger partial charge in [0, 0.05) is 24.4 Å². The van der Waals surface area contributed by atoms with Crippen LogP contribution >= 0.6 is 0 Å². The van der Waals surface area contributed by atoms with E-state index >= 15 is 0 Å². The van der Waals surface area contributed by atoms with E-state index in [2.05, 4.69) is 22.0 Å². The Balaban J connectivity index is 1.77. The van der Waals surface area contributed by atoms with Crippen LogP contribution in [0.1, 0.15) is 44.1 Å². The molecule has 0 aromatic carbocycles. The predicted molar refractivity (Wildman–Crippen MR) is 78.6 cm³/mol. The average molecular weight is 287 g/mol. The van der Waals surface area contributed by atoms with Crippen LogP contribution in [0.5, 0.6) is 0 Å². The topological polar surface area (TPSA) is 72.0 Å². The fraction of sp³-hybridized carbons (Fsp3) is 0.562. The normalized spacial score (nSPS) is 22.4. The number of aryl methyl sites for hydroxylation is 1. The molecule has 0 amide bonds. The van der Waals surface area contributed by atoms with Gasteiger partial charge in [-0.05, 0) is 36.8 Å². The molecule has 2 heterocycles. The minimum absolute atomic E-state index is 0.235. The lowest BCUT2D eigenvalue weighted by atomic mass is 9.84. The smallest absolute Gasteiger partial charge is 0.227 e. The fourth-order valence-electron chi connectivity index (χ4n) is 3.02. The Hall–Kier alpha value is -1.75. The van der Waals surface area contributed by atoms with E-state index in [1.54, 1.807) is 6.20 Å². The Bertz CT molecular complexity index is 597. The Morgan fingerprint density at radius 3 is 3.00 bits per heavy atom. The summed E-state index contributed by atoms with van der Waals surface area (Å²) in [5.74, 6) is 1.49. The Morgan fingerprint density at radius 2 is 2.19 bits per heavy atom. The predicted octanol–water partition coefficient (Wildman–Crippen LogP) is 2.79. The average Bonchev–Trinajstić information content (AvgIpc) is 2.98. The number of aliphatic hydroxyl groups excluding tert-OH is 1. The zero-order valence-corrected chi connectivity index (χ0v) is 12.3. The van der Waals surface area contributed by atoms with Gasteiger partial charge < -0.3 is 9.63 Å². The lowest BCUT2D eigenvalue weighted by Gasteiger charge is -2.26. The molecule has 21 heavy (non-hydrogen) atoms. The first-order valence-corrected chi connectivity index (χ1v) is 7.72. The van der Waals surface area contributed by atoms with Crippen LogP contribution in [0.3, 0.4) is 0 Å². The van der Waals surface area contributed by atoms with Crippen molar-refractivity contribution in [1.29, 1.82) is 0 Å². The van der Waals surface area contributed by atoms with Gasteiger partial charge in [-0.2, -0.15) is 4.98 Å². The van der Waals surface area contributed by atoms with E-state index in [4.69, 9.17) is 4.52 Å². The highest BCUT2D eigenvalue weighted by molar-refractivity contribution is 5.58. The van der Waals surface area contributed by atoms with Crippen LogP contribution in [0, 0.1) is 5.92 Å². The van der Waals surface area contributed by atoms with Crippen molar-refractivity contribution in [2.24, 2.45) is 5.92 Å². The second-order valence-electron chi connectivity index (χ2n) is 5.71. The second-order valence-corrected chi connectivity index (χ2v) is 5.71. The summed E-state index contributed by atoms with van der Waals surface area (Å²) in [6.45, 7) is 2.08. The summed E-state index contributed by atoms with van der Waals surface area (Å²) in [4.78, 5) is 8.63. The summed E-state index contributed by atoms with van der Waals surface area (Å²) in [7, 11) is 0. The van der Waals surface area contributed by atoms with E-state index in [1.165, 1.54) is 6.42 Å². The van der Waals surface area contributed by atoms with E-state index in [0.717, 1.165) is 36.8 Å². The van der Waals surface area contributed by atoms with Crippen LogP contribution < -0.4 is 0 Å². The van der Waals surface area contributed by atoms with E-state index < -0.39 is 0 Å². The molecule has 5 nitrogen and oxygen atoms in total. The van der Waals surface area contributed by atoms with Gasteiger partial charge in [-0.25, -0.2) is 0 Å². The number of rotatable bonds is 4. The van der Waals surface area contributed by atoms with E-state index in [0.29, 0.717) is 18.1 Å². The minimum atomic E-state index is -0.235. The molecule has 2 aromatic rings. The summed E-state index contributed by atoms with van der Waals surface area (Å²) < 4.78 is 5.38. The first kappa shape index (κ1) is 14.2. The van der Waals surface area contributed by atoms with Gasteiger partial charge in [-0.1, -0.05) is 24.9 Å². The molecule has 1 aliphatic rings. The summed E-state index contributed by atoms with van der Waals surface area (Å²) in [5, 5.41) is 14.1. The Labute approximate surface area is 124 Å². The number of hydrogen-bond acceptors (Lipinski definition) is 5. The highest BCUT2D eigenvalue weighted by Gasteiger charge is 2.25. The maximum atomic E-state index is 10.0. The van der Waals surface area contributed by atoms with Gasteiger partial charge in [0.25, 0.3) is 0 Å². The molecule has 3 rings (SSSR count). The van der Waals surface area contributed by atoms with Crippen LogP contribution in [0.15, 0.2) is 23.0 Å². The van der Waals surface area contributed by atoms with Crippen molar-refractivity contribution < 1.29 is 9.63 Å². The fourth-order valence-corrected chi connectivity index (χ4v) is 3.02. The van der Waals surface area contributed by atoms with Crippen molar-refractivity contribution in [2.45, 2.75) is 51.6 Å². The molecule has 2 unspecified atom stereocenters. The number of aliphatic hydroxyl groups is 1. The van der Waals surface area contributed by atoms with Gasteiger partial charge in [0.05, 0.1) is 6.10 Å². The van der Waals surface area contributed by atoms with Crippen LogP contribution in [0.2, 0.25) is 0 Å². The lowest BCUT2D eigenvalue weighted by molar-refractivity contribution is 0.0657. The van der Waals surface area contributed by atoms with Crippen LogP contribution in [0.4, 0.5) is 0 Å². The highest BCUT2D eigenvalue weighted by atomic mass is 16.5. The largest absolute Gasteiger partial charge is 0.393 e. The molecule has 1 saturated carbocycles. The third kappa shape index (κ3) is 3.13. The Kier molecular flexibility index (Phi) is 4.29. The quantitative estimate of drug-likeness (QED) is 0.936. The number of pyridine rings is 1. The highest BCUT2D eigenvalue weighted by Crippen LogP contribution is 2.28. The van der Waals surface area contributed by atoms with E-state index in [1.807, 2.05) is 12.3 Å².